The van der Waals surface area contributed by atoms with E-state index in [1.165, 1.54) is 12.2 Å². The summed E-state index contributed by atoms with van der Waals surface area (Å²) in [6, 6.07) is 0. The van der Waals surface area contributed by atoms with Gasteiger partial charge < -0.3 is 15.9 Å². The Hall–Kier alpha value is -1.08. The molecule has 0 amide bonds. The monoisotopic (exact) mass is 427 g/mol. The number of ketones is 2. The molecule has 0 aromatic carbocycles. The Morgan fingerprint density at radius 3 is 2.62 bits per heavy atom. The van der Waals surface area contributed by atoms with Crippen molar-refractivity contribution in [1.82, 2.24) is 0 Å². The predicted molar refractivity (Wildman–Crippen MR) is 109 cm³/mol. The first-order valence-corrected chi connectivity index (χ1v) is 10.2. The zero-order valence-electron chi connectivity index (χ0n) is 17.2. The van der Waals surface area contributed by atoms with Crippen LogP contribution in [0.5, 0.6) is 0 Å². The molecule has 0 bridgehead atoms. The second-order valence-corrected chi connectivity index (χ2v) is 9.80. The fourth-order valence-electron chi connectivity index (χ4n) is 7.30. The molecule has 0 saturated heterocycles. The maximum absolute atomic E-state index is 16.9. The number of hydrogen-bond donors (Lipinski definition) is 3. The van der Waals surface area contributed by atoms with E-state index in [1.54, 1.807) is 13.0 Å². The minimum absolute atomic E-state index is 0. The molecule has 0 heterocycles. The van der Waals surface area contributed by atoms with Gasteiger partial charge >= 0.3 is 0 Å². The van der Waals surface area contributed by atoms with Crippen molar-refractivity contribution in [3.05, 3.63) is 23.8 Å². The highest BCUT2D eigenvalue weighted by molar-refractivity contribution is 6.01. The summed E-state index contributed by atoms with van der Waals surface area (Å²) in [6.07, 6.45) is 4.70. The van der Waals surface area contributed by atoms with Crippen LogP contribution in [0.25, 0.3) is 0 Å². The van der Waals surface area contributed by atoms with Crippen molar-refractivity contribution in [3.63, 3.8) is 0 Å². The summed E-state index contributed by atoms with van der Waals surface area (Å²) >= 11 is 0. The molecule has 4 aliphatic carbocycles. The second kappa shape index (κ2) is 6.71. The van der Waals surface area contributed by atoms with Crippen LogP contribution in [0.1, 0.15) is 46.5 Å². The lowest BCUT2D eigenvalue weighted by Gasteiger charge is -2.62. The van der Waals surface area contributed by atoms with Crippen LogP contribution < -0.4 is 5.73 Å². The van der Waals surface area contributed by atoms with Gasteiger partial charge in [0.25, 0.3) is 0 Å². The lowest BCUT2D eigenvalue weighted by molar-refractivity contribution is -0.218. The number of allylic oxidation sites excluding steroid dienone is 4. The number of hydrogen-bond acceptors (Lipinski definition) is 5. The summed E-state index contributed by atoms with van der Waals surface area (Å²) in [5.41, 5.74) is 0.711. The van der Waals surface area contributed by atoms with Gasteiger partial charge in [0, 0.05) is 16.7 Å². The number of alkyl halides is 1. The van der Waals surface area contributed by atoms with Crippen molar-refractivity contribution in [2.24, 2.45) is 34.3 Å². The number of nitrogens with two attached hydrogens (primary N) is 1. The van der Waals surface area contributed by atoms with Crippen LogP contribution in [0.3, 0.4) is 0 Å². The van der Waals surface area contributed by atoms with E-state index >= 15 is 4.39 Å². The number of fused-ring (bicyclic) bond motifs is 5. The fourth-order valence-corrected chi connectivity index (χ4v) is 7.30. The van der Waals surface area contributed by atoms with Gasteiger partial charge in [-0.15, -0.1) is 12.4 Å². The van der Waals surface area contributed by atoms with E-state index in [4.69, 9.17) is 5.73 Å². The number of Topliss-reactive ketones (excluding diaryl/α,β-unsaturated/α-hetero) is 1. The van der Waals surface area contributed by atoms with Crippen LogP contribution in [-0.4, -0.2) is 45.7 Å². The second-order valence-electron chi connectivity index (χ2n) is 9.80. The average Bonchev–Trinajstić information content (AvgIpc) is 2.84. The van der Waals surface area contributed by atoms with Gasteiger partial charge in [-0.1, -0.05) is 25.5 Å². The number of aliphatic hydroxyl groups is 2. The van der Waals surface area contributed by atoms with Crippen LogP contribution in [0.4, 0.5) is 4.39 Å². The van der Waals surface area contributed by atoms with E-state index in [0.717, 1.165) is 5.57 Å². The van der Waals surface area contributed by atoms with E-state index in [1.807, 2.05) is 13.8 Å². The van der Waals surface area contributed by atoms with Crippen molar-refractivity contribution in [3.8, 4) is 0 Å². The van der Waals surface area contributed by atoms with Crippen LogP contribution >= 0.6 is 12.4 Å². The van der Waals surface area contributed by atoms with E-state index < -0.39 is 39.9 Å². The first-order valence-electron chi connectivity index (χ1n) is 10.2. The lowest BCUT2D eigenvalue weighted by Crippen LogP contribution is -2.69. The zero-order valence-corrected chi connectivity index (χ0v) is 18.0. The number of carbonyl (C=O) groups is 2. The highest BCUT2D eigenvalue weighted by Crippen LogP contribution is 2.70. The molecule has 3 saturated carbocycles. The van der Waals surface area contributed by atoms with Gasteiger partial charge in [-0.05, 0) is 56.6 Å². The van der Waals surface area contributed by atoms with Gasteiger partial charge in [-0.2, -0.15) is 0 Å². The molecule has 1 unspecified atom stereocenters. The smallest absolute Gasteiger partial charge is 0.178 e. The summed E-state index contributed by atoms with van der Waals surface area (Å²) in [7, 11) is 0. The molecular weight excluding hydrogens is 397 g/mol. The predicted octanol–water partition coefficient (Wildman–Crippen LogP) is 2.28. The van der Waals surface area contributed by atoms with Crippen molar-refractivity contribution >= 4 is 24.0 Å². The molecule has 4 N–H and O–H groups in total. The molecule has 4 rings (SSSR count). The minimum Gasteiger partial charge on any atom is -0.390 e. The third-order valence-corrected chi connectivity index (χ3v) is 8.83. The number of halogens is 2. The molecule has 29 heavy (non-hydrogen) atoms. The maximum atomic E-state index is 16.9. The van der Waals surface area contributed by atoms with E-state index in [2.05, 4.69) is 0 Å². The Kier molecular flexibility index (Phi) is 5.23. The molecule has 0 aromatic heterocycles. The van der Waals surface area contributed by atoms with Crippen LogP contribution in [0.2, 0.25) is 0 Å². The highest BCUT2D eigenvalue weighted by Gasteiger charge is 2.75. The molecule has 162 valence electrons. The summed E-state index contributed by atoms with van der Waals surface area (Å²) < 4.78 is 16.9. The molecule has 3 fully saturated rings. The summed E-state index contributed by atoms with van der Waals surface area (Å²) in [4.78, 5) is 24.5. The third-order valence-electron chi connectivity index (χ3n) is 8.83. The van der Waals surface area contributed by atoms with Crippen molar-refractivity contribution in [2.45, 2.75) is 63.8 Å². The number of rotatable bonds is 2. The molecule has 0 spiro atoms. The van der Waals surface area contributed by atoms with Crippen molar-refractivity contribution in [1.29, 1.82) is 0 Å². The Morgan fingerprint density at radius 1 is 1.34 bits per heavy atom. The molecule has 0 aromatic rings. The number of aliphatic hydroxyl groups excluding tert-OH is 1. The quantitative estimate of drug-likeness (QED) is 0.627. The zero-order chi connectivity index (χ0) is 20.7. The molecule has 0 aliphatic heterocycles. The fraction of sp³-hybridized carbons (Fsp3) is 0.727. The Bertz CT molecular complexity index is 815. The Labute approximate surface area is 177 Å². The van der Waals surface area contributed by atoms with Crippen molar-refractivity contribution in [2.75, 3.05) is 6.54 Å². The molecular formula is C22H31ClFNO4. The first-order chi connectivity index (χ1) is 13.0. The minimum atomic E-state index is -1.95. The molecule has 7 heteroatoms. The standard InChI is InChI=1S/C22H30FNO4.ClH/c1-12-8-16-15-5-4-13-9-14(25)6-7-19(13,2)21(15,23)17(26)10-20(16,3)22(12,28)18(27)11-24;/h6-7,9,12,15-17,26,28H,4-5,8,10-11,24H2,1-3H3;1H/t12-,15+,16+,17+,19+,20+,21?,22+;/m1./s1. The van der Waals surface area contributed by atoms with Crippen LogP contribution in [-0.2, 0) is 9.59 Å². The van der Waals surface area contributed by atoms with Gasteiger partial charge in [0.2, 0.25) is 0 Å². The summed E-state index contributed by atoms with van der Waals surface area (Å²) in [5.74, 6) is -1.71. The first kappa shape index (κ1) is 22.6. The Balaban J connectivity index is 0.00000240. The molecule has 4 aliphatic rings. The topological polar surface area (TPSA) is 101 Å². The van der Waals surface area contributed by atoms with Gasteiger partial charge in [-0.3, -0.25) is 9.59 Å². The Morgan fingerprint density at radius 2 is 2.00 bits per heavy atom. The highest BCUT2D eigenvalue weighted by atomic mass is 35.5. The van der Waals surface area contributed by atoms with E-state index in [-0.39, 0.29) is 43.0 Å². The lowest BCUT2D eigenvalue weighted by atomic mass is 9.44. The normalized spacial score (nSPS) is 50.7. The SMILES string of the molecule is C[C@@H]1C[C@H]2[C@@H]3CCC4=CC(=O)C=C[C@]4(C)C3(F)[C@@H](O)C[C@]2(C)[C@@]1(O)C(=O)CN.Cl. The van der Waals surface area contributed by atoms with Gasteiger partial charge in [0.05, 0.1) is 12.6 Å². The molecule has 0 radical (unpaired) electrons. The molecule has 8 atom stereocenters. The average molecular weight is 428 g/mol. The van der Waals surface area contributed by atoms with Crippen LogP contribution in [0, 0.1) is 28.6 Å². The van der Waals surface area contributed by atoms with Crippen molar-refractivity contribution < 1.29 is 24.2 Å². The van der Waals surface area contributed by atoms with E-state index in [0.29, 0.717) is 19.3 Å². The summed E-state index contributed by atoms with van der Waals surface area (Å²) in [6.45, 7) is 5.11. The maximum Gasteiger partial charge on any atom is 0.178 e. The van der Waals surface area contributed by atoms with Gasteiger partial charge in [0.1, 0.15) is 5.60 Å². The van der Waals surface area contributed by atoms with Gasteiger partial charge in [-0.25, -0.2) is 4.39 Å². The largest absolute Gasteiger partial charge is 0.390 e. The molecule has 5 nitrogen and oxygen atoms in total. The number of carbonyl (C=O) groups excluding carboxylic acids is 2. The summed E-state index contributed by atoms with van der Waals surface area (Å²) in [5, 5.41) is 22.6. The van der Waals surface area contributed by atoms with E-state index in [9.17, 15) is 19.8 Å². The third kappa shape index (κ3) is 2.43. The van der Waals surface area contributed by atoms with Crippen LogP contribution in [0.15, 0.2) is 23.8 Å². The van der Waals surface area contributed by atoms with Gasteiger partial charge in [0.15, 0.2) is 17.2 Å².